The van der Waals surface area contributed by atoms with E-state index in [1.807, 2.05) is 12.1 Å². The highest BCUT2D eigenvalue weighted by molar-refractivity contribution is 6.15. The van der Waals surface area contributed by atoms with Gasteiger partial charge in [-0.2, -0.15) is 0 Å². The summed E-state index contributed by atoms with van der Waals surface area (Å²) in [6, 6.07) is 12.1. The Morgan fingerprint density at radius 2 is 1.54 bits per heavy atom. The monoisotopic (exact) mass is 502 g/mol. The van der Waals surface area contributed by atoms with Crippen LogP contribution in [0.25, 0.3) is 6.08 Å². The zero-order valence-corrected chi connectivity index (χ0v) is 20.3. The molecule has 6 rings (SSSR count). The average Bonchev–Trinajstić information content (AvgIpc) is 3.51. The van der Waals surface area contributed by atoms with Gasteiger partial charge in [0.05, 0.1) is 33.3 Å². The van der Waals surface area contributed by atoms with Gasteiger partial charge in [0.2, 0.25) is 12.6 Å². The predicted octanol–water partition coefficient (Wildman–Crippen LogP) is 4.50. The van der Waals surface area contributed by atoms with Crippen molar-refractivity contribution in [3.8, 4) is 40.2 Å². The van der Waals surface area contributed by atoms with Crippen molar-refractivity contribution in [3.63, 3.8) is 0 Å². The van der Waals surface area contributed by atoms with Gasteiger partial charge >= 0.3 is 5.97 Å². The molecule has 188 valence electrons. The van der Waals surface area contributed by atoms with Crippen molar-refractivity contribution in [1.82, 2.24) is 0 Å². The van der Waals surface area contributed by atoms with Gasteiger partial charge in [0, 0.05) is 23.1 Å². The van der Waals surface area contributed by atoms with Gasteiger partial charge in [-0.3, -0.25) is 9.59 Å². The Bertz CT molecular complexity index is 1490. The lowest BCUT2D eigenvalue weighted by atomic mass is 9.84. The number of hydrogen-bond acceptors (Lipinski definition) is 9. The van der Waals surface area contributed by atoms with Crippen molar-refractivity contribution in [2.75, 3.05) is 28.1 Å². The van der Waals surface area contributed by atoms with E-state index in [-0.39, 0.29) is 30.7 Å². The minimum atomic E-state index is -0.400. The molecule has 0 N–H and O–H groups in total. The van der Waals surface area contributed by atoms with Gasteiger partial charge < -0.3 is 33.2 Å². The molecular weight excluding hydrogens is 480 g/mol. The Kier molecular flexibility index (Phi) is 5.40. The number of carbonyl (C=O) groups excluding carboxylic acids is 2. The van der Waals surface area contributed by atoms with Crippen LogP contribution in [0, 0.1) is 0 Å². The number of fused-ring (bicyclic) bond motifs is 4. The molecule has 3 aromatic rings. The fourth-order valence-corrected chi connectivity index (χ4v) is 4.83. The lowest BCUT2D eigenvalue weighted by molar-refractivity contribution is -0.135. The van der Waals surface area contributed by atoms with Gasteiger partial charge in [0.25, 0.3) is 0 Å². The fraction of sp³-hybridized carbons (Fsp3) is 0.214. The number of allylic oxidation sites excluding steroid dienone is 1. The third-order valence-electron chi connectivity index (χ3n) is 6.60. The normalized spacial score (nSPS) is 18.1. The SMILES string of the molecule is COc1cc(OC)c(OC)cc1/C=C1\Oc2c(ccc3c2[C@H](c2ccc4c(c2)OCO4)CC(=O)O3)C1=O. The van der Waals surface area contributed by atoms with Crippen molar-refractivity contribution < 1.29 is 42.7 Å². The lowest BCUT2D eigenvalue weighted by Gasteiger charge is -2.26. The molecule has 0 spiro atoms. The van der Waals surface area contributed by atoms with Crippen LogP contribution in [-0.2, 0) is 4.79 Å². The Hall–Kier alpha value is -4.66. The summed E-state index contributed by atoms with van der Waals surface area (Å²) in [6.45, 7) is 0.142. The minimum absolute atomic E-state index is 0.0865. The number of ether oxygens (including phenoxy) is 7. The zero-order chi connectivity index (χ0) is 25.7. The molecule has 9 heteroatoms. The first-order chi connectivity index (χ1) is 18.0. The summed E-state index contributed by atoms with van der Waals surface area (Å²) in [5.41, 5.74) is 2.41. The topological polar surface area (TPSA) is 98.8 Å². The number of Topliss-reactive ketones (excluding diaryl/α,β-unsaturated/α-hetero) is 1. The van der Waals surface area contributed by atoms with Gasteiger partial charge in [0.15, 0.2) is 28.8 Å². The van der Waals surface area contributed by atoms with E-state index in [1.54, 1.807) is 36.4 Å². The van der Waals surface area contributed by atoms with Gasteiger partial charge in [-0.1, -0.05) is 6.07 Å². The molecule has 3 aromatic carbocycles. The third-order valence-corrected chi connectivity index (χ3v) is 6.60. The fourth-order valence-electron chi connectivity index (χ4n) is 4.83. The Balaban J connectivity index is 1.44. The number of methoxy groups -OCH3 is 3. The first-order valence-corrected chi connectivity index (χ1v) is 11.5. The number of esters is 1. The standard InChI is InChI=1S/C28H22O9/c1-31-20-12-22(33-3)21(32-2)9-15(20)10-24-27(30)16-5-7-19-26(28(16)37-24)17(11-25(29)36-19)14-4-6-18-23(8-14)35-13-34-18/h4-10,12,17H,11,13H2,1-3H3/b24-10-/t17-/m0/s1. The third kappa shape index (κ3) is 3.70. The molecular formula is C28H22O9. The molecule has 0 saturated carbocycles. The average molecular weight is 502 g/mol. The highest BCUT2D eigenvalue weighted by atomic mass is 16.7. The number of benzene rings is 3. The summed E-state index contributed by atoms with van der Waals surface area (Å²) in [4.78, 5) is 25.9. The van der Waals surface area contributed by atoms with Crippen molar-refractivity contribution in [2.45, 2.75) is 12.3 Å². The van der Waals surface area contributed by atoms with E-state index in [2.05, 4.69) is 0 Å². The molecule has 3 aliphatic heterocycles. The number of ketones is 1. The zero-order valence-electron chi connectivity index (χ0n) is 20.3. The molecule has 9 nitrogen and oxygen atoms in total. The molecule has 37 heavy (non-hydrogen) atoms. The summed E-state index contributed by atoms with van der Waals surface area (Å²) < 4.78 is 38.9. The van der Waals surface area contributed by atoms with Crippen LogP contribution >= 0.6 is 0 Å². The number of hydrogen-bond donors (Lipinski definition) is 0. The van der Waals surface area contributed by atoms with E-state index < -0.39 is 5.92 Å². The van der Waals surface area contributed by atoms with Crippen LogP contribution in [0.15, 0.2) is 48.2 Å². The molecule has 0 fully saturated rings. The van der Waals surface area contributed by atoms with Crippen LogP contribution in [-0.4, -0.2) is 39.9 Å². The van der Waals surface area contributed by atoms with Crippen molar-refractivity contribution in [2.24, 2.45) is 0 Å². The van der Waals surface area contributed by atoms with E-state index in [0.717, 1.165) is 5.56 Å². The first kappa shape index (κ1) is 22.8. The molecule has 0 saturated heterocycles. The lowest BCUT2D eigenvalue weighted by Crippen LogP contribution is -2.21. The summed E-state index contributed by atoms with van der Waals surface area (Å²) in [6.07, 6.45) is 1.68. The van der Waals surface area contributed by atoms with Crippen LogP contribution in [0.1, 0.15) is 39.4 Å². The summed E-state index contributed by atoms with van der Waals surface area (Å²) in [7, 11) is 4.58. The summed E-state index contributed by atoms with van der Waals surface area (Å²) in [5.74, 6) is 2.45. The smallest absolute Gasteiger partial charge is 0.312 e. The molecule has 1 atom stereocenters. The second-order valence-electron chi connectivity index (χ2n) is 8.59. The van der Waals surface area contributed by atoms with Gasteiger partial charge in [-0.15, -0.1) is 0 Å². The van der Waals surface area contributed by atoms with E-state index in [0.29, 0.717) is 56.9 Å². The van der Waals surface area contributed by atoms with Crippen molar-refractivity contribution in [3.05, 3.63) is 70.5 Å². The van der Waals surface area contributed by atoms with Crippen molar-refractivity contribution in [1.29, 1.82) is 0 Å². The molecule has 0 aromatic heterocycles. The van der Waals surface area contributed by atoms with Crippen molar-refractivity contribution >= 4 is 17.8 Å². The highest BCUT2D eigenvalue weighted by Gasteiger charge is 2.39. The largest absolute Gasteiger partial charge is 0.496 e. The summed E-state index contributed by atoms with van der Waals surface area (Å²) in [5, 5.41) is 0. The van der Waals surface area contributed by atoms with Gasteiger partial charge in [0.1, 0.15) is 17.2 Å². The van der Waals surface area contributed by atoms with Gasteiger partial charge in [-0.25, -0.2) is 0 Å². The van der Waals surface area contributed by atoms with E-state index in [1.165, 1.54) is 21.3 Å². The number of rotatable bonds is 5. The van der Waals surface area contributed by atoms with E-state index >= 15 is 0 Å². The van der Waals surface area contributed by atoms with Crippen LogP contribution in [0.3, 0.4) is 0 Å². The Morgan fingerprint density at radius 1 is 0.811 bits per heavy atom. The van der Waals surface area contributed by atoms with Crippen LogP contribution in [0.2, 0.25) is 0 Å². The van der Waals surface area contributed by atoms with Gasteiger partial charge in [-0.05, 0) is 42.0 Å². The minimum Gasteiger partial charge on any atom is -0.496 e. The molecule has 0 bridgehead atoms. The maximum absolute atomic E-state index is 13.4. The van der Waals surface area contributed by atoms with E-state index in [9.17, 15) is 9.59 Å². The molecule has 0 amide bonds. The van der Waals surface area contributed by atoms with E-state index in [4.69, 9.17) is 33.2 Å². The highest BCUT2D eigenvalue weighted by Crippen LogP contribution is 2.50. The Morgan fingerprint density at radius 3 is 2.32 bits per heavy atom. The Labute approximate surface area is 212 Å². The molecule has 3 heterocycles. The second-order valence-corrected chi connectivity index (χ2v) is 8.59. The maximum Gasteiger partial charge on any atom is 0.312 e. The molecule has 0 radical (unpaired) electrons. The quantitative estimate of drug-likeness (QED) is 0.284. The molecule has 3 aliphatic rings. The predicted molar refractivity (Wildman–Crippen MR) is 130 cm³/mol. The van der Waals surface area contributed by atoms with Crippen LogP contribution < -0.4 is 33.2 Å². The molecule has 0 aliphatic carbocycles. The summed E-state index contributed by atoms with van der Waals surface area (Å²) >= 11 is 0. The van der Waals surface area contributed by atoms with Crippen LogP contribution in [0.5, 0.6) is 40.2 Å². The number of carbonyl (C=O) groups is 2. The van der Waals surface area contributed by atoms with Crippen LogP contribution in [0.4, 0.5) is 0 Å². The maximum atomic E-state index is 13.4. The molecule has 0 unspecified atom stereocenters. The second kappa shape index (κ2) is 8.77. The first-order valence-electron chi connectivity index (χ1n) is 11.5.